The van der Waals surface area contributed by atoms with Crippen molar-refractivity contribution >= 4 is 11.6 Å². The van der Waals surface area contributed by atoms with E-state index in [1.54, 1.807) is 0 Å². The summed E-state index contributed by atoms with van der Waals surface area (Å²) >= 11 is 6.26. The first-order valence-corrected chi connectivity index (χ1v) is 9.24. The minimum Gasteiger partial charge on any atom is -0.370 e. The van der Waals surface area contributed by atoms with E-state index < -0.39 is 0 Å². The Kier molecular flexibility index (Phi) is 4.94. The topological polar surface area (TPSA) is 21.3 Å². The molecule has 1 spiro atoms. The lowest BCUT2D eigenvalue weighted by molar-refractivity contribution is -0.0358. The van der Waals surface area contributed by atoms with Crippen LogP contribution in [0.1, 0.15) is 70.6 Å². The average molecular weight is 300 g/mol. The third-order valence-corrected chi connectivity index (χ3v) is 6.49. The van der Waals surface area contributed by atoms with Crippen LogP contribution in [0.25, 0.3) is 0 Å². The molecule has 3 fully saturated rings. The second kappa shape index (κ2) is 6.54. The van der Waals surface area contributed by atoms with Gasteiger partial charge in [-0.05, 0) is 43.9 Å². The van der Waals surface area contributed by atoms with E-state index in [-0.39, 0.29) is 5.60 Å². The minimum atomic E-state index is 0.279. The predicted octanol–water partition coefficient (Wildman–Crippen LogP) is 4.26. The Balaban J connectivity index is 1.41. The maximum atomic E-state index is 6.37. The van der Waals surface area contributed by atoms with Crippen LogP contribution in [0.4, 0.5) is 0 Å². The monoisotopic (exact) mass is 299 g/mol. The fourth-order valence-corrected chi connectivity index (χ4v) is 4.95. The Labute approximate surface area is 129 Å². The van der Waals surface area contributed by atoms with Crippen LogP contribution >= 0.6 is 11.6 Å². The summed E-state index contributed by atoms with van der Waals surface area (Å²) in [6, 6.07) is 0. The van der Waals surface area contributed by atoms with Gasteiger partial charge in [0.25, 0.3) is 0 Å². The van der Waals surface area contributed by atoms with Gasteiger partial charge in [-0.1, -0.05) is 32.1 Å². The number of hydrogen-bond acceptors (Lipinski definition) is 2. The number of hydrogen-bond donors (Lipinski definition) is 1. The molecule has 1 N–H and O–H groups in total. The van der Waals surface area contributed by atoms with Crippen LogP contribution in [0, 0.1) is 5.41 Å². The van der Waals surface area contributed by atoms with E-state index in [9.17, 15) is 0 Å². The molecule has 0 aromatic carbocycles. The summed E-state index contributed by atoms with van der Waals surface area (Å²) in [6.07, 6.45) is 15.1. The lowest BCUT2D eigenvalue weighted by atomic mass is 9.75. The van der Waals surface area contributed by atoms with Gasteiger partial charge < -0.3 is 10.1 Å². The summed E-state index contributed by atoms with van der Waals surface area (Å²) in [5.41, 5.74) is 0.644. The molecule has 2 saturated carbocycles. The Morgan fingerprint density at radius 1 is 0.950 bits per heavy atom. The van der Waals surface area contributed by atoms with Gasteiger partial charge in [-0.15, -0.1) is 11.6 Å². The van der Waals surface area contributed by atoms with Gasteiger partial charge in [-0.25, -0.2) is 0 Å². The van der Waals surface area contributed by atoms with E-state index in [4.69, 9.17) is 16.3 Å². The van der Waals surface area contributed by atoms with Gasteiger partial charge in [-0.2, -0.15) is 0 Å². The van der Waals surface area contributed by atoms with E-state index in [0.29, 0.717) is 11.5 Å². The number of alkyl halides is 1. The summed E-state index contributed by atoms with van der Waals surface area (Å²) in [5.74, 6) is 0.815. The highest BCUT2D eigenvalue weighted by atomic mass is 35.5. The van der Waals surface area contributed by atoms with Crippen LogP contribution in [0.15, 0.2) is 0 Å². The van der Waals surface area contributed by atoms with Crippen molar-refractivity contribution in [2.45, 2.75) is 82.3 Å². The van der Waals surface area contributed by atoms with Gasteiger partial charge in [0.15, 0.2) is 0 Å². The Bertz CT molecular complexity index is 308. The fraction of sp³-hybridized carbons (Fsp3) is 1.00. The number of halogens is 1. The van der Waals surface area contributed by atoms with Crippen LogP contribution < -0.4 is 5.32 Å². The van der Waals surface area contributed by atoms with Gasteiger partial charge >= 0.3 is 0 Å². The van der Waals surface area contributed by atoms with Crippen molar-refractivity contribution in [3.05, 3.63) is 0 Å². The first kappa shape index (κ1) is 15.1. The molecular formula is C17H30ClNO. The van der Waals surface area contributed by atoms with Crippen molar-refractivity contribution < 1.29 is 4.74 Å². The molecule has 0 radical (unpaired) electrons. The highest BCUT2D eigenvalue weighted by Crippen LogP contribution is 2.43. The van der Waals surface area contributed by atoms with Crippen LogP contribution in [0.5, 0.6) is 0 Å². The molecule has 3 aliphatic rings. The Morgan fingerprint density at radius 3 is 2.35 bits per heavy atom. The van der Waals surface area contributed by atoms with E-state index >= 15 is 0 Å². The van der Waals surface area contributed by atoms with Crippen molar-refractivity contribution in [2.75, 3.05) is 19.0 Å². The first-order chi connectivity index (χ1) is 9.76. The van der Waals surface area contributed by atoms with Crippen LogP contribution in [0.2, 0.25) is 0 Å². The second-order valence-electron chi connectivity index (χ2n) is 7.49. The van der Waals surface area contributed by atoms with Gasteiger partial charge in [0.2, 0.25) is 0 Å². The van der Waals surface area contributed by atoms with Crippen molar-refractivity contribution in [1.82, 2.24) is 5.32 Å². The van der Waals surface area contributed by atoms with Crippen molar-refractivity contribution in [2.24, 2.45) is 5.41 Å². The van der Waals surface area contributed by atoms with E-state index in [2.05, 4.69) is 5.32 Å². The van der Waals surface area contributed by atoms with Crippen LogP contribution in [0.3, 0.4) is 0 Å². The Hall–Kier alpha value is 0.210. The average Bonchev–Trinajstić information content (AvgIpc) is 3.11. The number of rotatable bonds is 5. The third kappa shape index (κ3) is 3.34. The highest BCUT2D eigenvalue weighted by molar-refractivity contribution is 6.18. The summed E-state index contributed by atoms with van der Waals surface area (Å²) in [7, 11) is 0. The SMILES string of the molecule is ClCC1(CNCC2CCC3(CCCC3)O2)CCCCC1. The highest BCUT2D eigenvalue weighted by Gasteiger charge is 2.42. The third-order valence-electron chi connectivity index (χ3n) is 5.92. The molecule has 20 heavy (non-hydrogen) atoms. The number of ether oxygens (including phenoxy) is 1. The molecule has 116 valence electrons. The summed E-state index contributed by atoms with van der Waals surface area (Å²) in [4.78, 5) is 0. The maximum Gasteiger partial charge on any atom is 0.0708 e. The zero-order chi connectivity index (χ0) is 13.9. The van der Waals surface area contributed by atoms with Crippen molar-refractivity contribution in [3.8, 4) is 0 Å². The summed E-state index contributed by atoms with van der Waals surface area (Å²) in [6.45, 7) is 2.11. The molecule has 1 atom stereocenters. The fourth-order valence-electron chi connectivity index (χ4n) is 4.58. The molecule has 3 rings (SSSR count). The predicted molar refractivity (Wildman–Crippen MR) is 84.4 cm³/mol. The molecule has 3 heteroatoms. The van der Waals surface area contributed by atoms with Gasteiger partial charge in [0.1, 0.15) is 0 Å². The lowest BCUT2D eigenvalue weighted by Gasteiger charge is -2.36. The zero-order valence-electron chi connectivity index (χ0n) is 12.8. The molecule has 0 aromatic rings. The molecule has 1 aliphatic heterocycles. The zero-order valence-corrected chi connectivity index (χ0v) is 13.5. The summed E-state index contributed by atoms with van der Waals surface area (Å²) < 4.78 is 6.37. The molecule has 0 bridgehead atoms. The molecule has 0 aromatic heterocycles. The van der Waals surface area contributed by atoms with Gasteiger partial charge in [0, 0.05) is 19.0 Å². The van der Waals surface area contributed by atoms with Gasteiger partial charge in [-0.3, -0.25) is 0 Å². The minimum absolute atomic E-state index is 0.279. The Morgan fingerprint density at radius 2 is 1.65 bits per heavy atom. The van der Waals surface area contributed by atoms with E-state index in [0.717, 1.165) is 19.0 Å². The normalized spacial score (nSPS) is 31.9. The molecular weight excluding hydrogens is 270 g/mol. The largest absolute Gasteiger partial charge is 0.370 e. The standard InChI is InChI=1S/C17H30ClNO/c18-13-16(7-2-1-3-8-16)14-19-12-15-6-11-17(20-15)9-4-5-10-17/h15,19H,1-14H2. The molecule has 0 amide bonds. The maximum absolute atomic E-state index is 6.37. The molecule has 2 nitrogen and oxygen atoms in total. The lowest BCUT2D eigenvalue weighted by Crippen LogP contribution is -2.40. The smallest absolute Gasteiger partial charge is 0.0708 e. The van der Waals surface area contributed by atoms with E-state index in [1.165, 1.54) is 70.6 Å². The summed E-state index contributed by atoms with van der Waals surface area (Å²) in [5, 5.41) is 3.69. The van der Waals surface area contributed by atoms with Crippen LogP contribution in [-0.4, -0.2) is 30.7 Å². The molecule has 1 unspecified atom stereocenters. The number of nitrogens with one attached hydrogen (secondary N) is 1. The molecule has 1 heterocycles. The first-order valence-electron chi connectivity index (χ1n) is 8.71. The second-order valence-corrected chi connectivity index (χ2v) is 7.76. The van der Waals surface area contributed by atoms with Crippen LogP contribution in [-0.2, 0) is 4.74 Å². The molecule has 1 saturated heterocycles. The van der Waals surface area contributed by atoms with Crippen molar-refractivity contribution in [1.29, 1.82) is 0 Å². The quantitative estimate of drug-likeness (QED) is 0.766. The van der Waals surface area contributed by atoms with Gasteiger partial charge in [0.05, 0.1) is 11.7 Å². The van der Waals surface area contributed by atoms with E-state index in [1.807, 2.05) is 0 Å². The van der Waals surface area contributed by atoms with Crippen molar-refractivity contribution in [3.63, 3.8) is 0 Å². The molecule has 2 aliphatic carbocycles.